The molecule has 1 aliphatic heterocycles. The van der Waals surface area contributed by atoms with Crippen molar-refractivity contribution in [3.05, 3.63) is 81.8 Å². The minimum absolute atomic E-state index is 0.00160. The first-order valence-corrected chi connectivity index (χ1v) is 9.69. The predicted octanol–water partition coefficient (Wildman–Crippen LogP) is 3.18. The second kappa shape index (κ2) is 8.29. The molecule has 0 saturated heterocycles. The molecule has 0 aliphatic carbocycles. The first kappa shape index (κ1) is 19.5. The number of fused-ring (bicyclic) bond motifs is 1. The summed E-state index contributed by atoms with van der Waals surface area (Å²) in [5.41, 5.74) is 2.53. The summed E-state index contributed by atoms with van der Waals surface area (Å²) in [4.78, 5) is 33.5. The molecule has 1 amide bonds. The lowest BCUT2D eigenvalue weighted by atomic mass is 10.0. The van der Waals surface area contributed by atoms with Crippen LogP contribution in [0.1, 0.15) is 29.8 Å². The summed E-state index contributed by atoms with van der Waals surface area (Å²) in [6.45, 7) is 1.08. The van der Waals surface area contributed by atoms with Gasteiger partial charge in [0.2, 0.25) is 5.91 Å². The number of hydrogen-bond donors (Lipinski definition) is 1. The highest BCUT2D eigenvalue weighted by Gasteiger charge is 2.18. The average molecular weight is 402 g/mol. The van der Waals surface area contributed by atoms with E-state index in [4.69, 9.17) is 5.26 Å². The Morgan fingerprint density at radius 1 is 1.30 bits per heavy atom. The van der Waals surface area contributed by atoms with Gasteiger partial charge in [0, 0.05) is 31.4 Å². The number of aryl methyl sites for hydroxylation is 1. The lowest BCUT2D eigenvalue weighted by Crippen LogP contribution is -2.35. The molecule has 0 bridgehead atoms. The number of hydrogen-bond acceptors (Lipinski definition) is 4. The number of H-pyrrole nitrogens is 1. The number of carbonyl (C=O) groups excluding carboxylic acids is 1. The van der Waals surface area contributed by atoms with Crippen LogP contribution < -0.4 is 5.56 Å². The quantitative estimate of drug-likeness (QED) is 0.726. The number of rotatable bonds is 4. The molecule has 0 atom stereocenters. The fourth-order valence-corrected chi connectivity index (χ4v) is 3.65. The molecular weight excluding hydrogens is 383 g/mol. The Morgan fingerprint density at radius 2 is 2.17 bits per heavy atom. The topological polar surface area (TPSA) is 89.9 Å². The van der Waals surface area contributed by atoms with Crippen molar-refractivity contribution in [3.63, 3.8) is 0 Å². The van der Waals surface area contributed by atoms with Gasteiger partial charge in [0.15, 0.2) is 0 Å². The molecule has 3 heterocycles. The van der Waals surface area contributed by atoms with Crippen LogP contribution in [0.15, 0.2) is 53.5 Å². The monoisotopic (exact) mass is 402 g/mol. The normalized spacial score (nSPS) is 13.7. The van der Waals surface area contributed by atoms with Crippen LogP contribution in [0.4, 0.5) is 4.39 Å². The van der Waals surface area contributed by atoms with E-state index in [0.717, 1.165) is 11.3 Å². The van der Waals surface area contributed by atoms with Gasteiger partial charge in [0.25, 0.3) is 5.56 Å². The second-order valence-electron chi connectivity index (χ2n) is 7.19. The van der Waals surface area contributed by atoms with Crippen molar-refractivity contribution in [2.75, 3.05) is 13.1 Å². The zero-order valence-corrected chi connectivity index (χ0v) is 16.2. The second-order valence-corrected chi connectivity index (χ2v) is 7.19. The van der Waals surface area contributed by atoms with Crippen LogP contribution in [-0.2, 0) is 11.2 Å². The SMILES string of the molecule is N#Cc1ccc(C2=CCN(C(=O)CCc3cc4cccc(F)c4c(=O)[nH]3)CC2)nc1. The van der Waals surface area contributed by atoms with E-state index in [-0.39, 0.29) is 17.7 Å². The number of carbonyl (C=O) groups is 1. The molecule has 150 valence electrons. The number of nitrogens with one attached hydrogen (secondary N) is 1. The number of benzene rings is 1. The highest BCUT2D eigenvalue weighted by Crippen LogP contribution is 2.21. The van der Waals surface area contributed by atoms with E-state index in [9.17, 15) is 14.0 Å². The van der Waals surface area contributed by atoms with Gasteiger partial charge >= 0.3 is 0 Å². The average Bonchev–Trinajstić information content (AvgIpc) is 2.77. The Kier molecular flexibility index (Phi) is 5.40. The van der Waals surface area contributed by atoms with Gasteiger partial charge in [0.05, 0.1) is 16.6 Å². The zero-order valence-electron chi connectivity index (χ0n) is 16.2. The van der Waals surface area contributed by atoms with E-state index in [1.807, 2.05) is 18.2 Å². The molecule has 0 spiro atoms. The molecule has 6 nitrogen and oxygen atoms in total. The van der Waals surface area contributed by atoms with Gasteiger partial charge in [-0.05, 0) is 48.1 Å². The van der Waals surface area contributed by atoms with Crippen molar-refractivity contribution in [3.8, 4) is 6.07 Å². The molecule has 0 fully saturated rings. The maximum Gasteiger partial charge on any atom is 0.258 e. The molecule has 2 aromatic heterocycles. The summed E-state index contributed by atoms with van der Waals surface area (Å²) in [6, 6.07) is 11.8. The number of amides is 1. The molecular formula is C23H19FN4O2. The van der Waals surface area contributed by atoms with Crippen molar-refractivity contribution >= 4 is 22.3 Å². The van der Waals surface area contributed by atoms with Crippen LogP contribution in [0.3, 0.4) is 0 Å². The van der Waals surface area contributed by atoms with Gasteiger partial charge in [-0.1, -0.05) is 18.2 Å². The van der Waals surface area contributed by atoms with Crippen molar-refractivity contribution in [2.45, 2.75) is 19.3 Å². The van der Waals surface area contributed by atoms with E-state index in [0.29, 0.717) is 42.6 Å². The summed E-state index contributed by atoms with van der Waals surface area (Å²) in [5, 5.41) is 9.43. The first-order chi connectivity index (χ1) is 14.5. The fraction of sp³-hybridized carbons (Fsp3) is 0.217. The molecule has 7 heteroatoms. The van der Waals surface area contributed by atoms with E-state index < -0.39 is 11.4 Å². The number of nitrogens with zero attached hydrogens (tertiary/aromatic N) is 3. The van der Waals surface area contributed by atoms with Crippen LogP contribution in [-0.4, -0.2) is 33.9 Å². The fourth-order valence-electron chi connectivity index (χ4n) is 3.65. The number of aromatic nitrogens is 2. The molecule has 1 aliphatic rings. The lowest BCUT2D eigenvalue weighted by Gasteiger charge is -2.26. The van der Waals surface area contributed by atoms with Crippen molar-refractivity contribution in [1.29, 1.82) is 5.26 Å². The van der Waals surface area contributed by atoms with Gasteiger partial charge < -0.3 is 9.88 Å². The Labute approximate surface area is 172 Å². The van der Waals surface area contributed by atoms with Crippen LogP contribution in [0.25, 0.3) is 16.3 Å². The summed E-state index contributed by atoms with van der Waals surface area (Å²) in [5.74, 6) is -0.553. The number of aromatic amines is 1. The van der Waals surface area contributed by atoms with Crippen molar-refractivity contribution in [1.82, 2.24) is 14.9 Å². The largest absolute Gasteiger partial charge is 0.339 e. The minimum atomic E-state index is -0.552. The van der Waals surface area contributed by atoms with Crippen LogP contribution in [0, 0.1) is 17.1 Å². The minimum Gasteiger partial charge on any atom is -0.339 e. The standard InChI is InChI=1S/C23H19FN4O2/c24-19-3-1-2-17-12-18(27-23(30)22(17)19)5-7-21(29)28-10-8-16(9-11-28)20-6-4-15(13-25)14-26-20/h1-4,6,8,12,14H,5,7,9-11H2,(H,27,30). The molecule has 0 radical (unpaired) electrons. The van der Waals surface area contributed by atoms with Crippen molar-refractivity contribution in [2.24, 2.45) is 0 Å². The Morgan fingerprint density at radius 3 is 2.87 bits per heavy atom. The Hall–Kier alpha value is -3.79. The third-order valence-corrected chi connectivity index (χ3v) is 5.27. The number of nitriles is 1. The van der Waals surface area contributed by atoms with E-state index >= 15 is 0 Å². The molecule has 30 heavy (non-hydrogen) atoms. The van der Waals surface area contributed by atoms with Gasteiger partial charge in [0.1, 0.15) is 11.9 Å². The maximum atomic E-state index is 13.8. The molecule has 0 saturated carbocycles. The van der Waals surface area contributed by atoms with E-state index in [2.05, 4.69) is 9.97 Å². The number of halogens is 1. The molecule has 4 rings (SSSR count). The van der Waals surface area contributed by atoms with Crippen LogP contribution in [0.5, 0.6) is 0 Å². The summed E-state index contributed by atoms with van der Waals surface area (Å²) in [7, 11) is 0. The third kappa shape index (κ3) is 3.98. The van der Waals surface area contributed by atoms with Gasteiger partial charge in [-0.3, -0.25) is 14.6 Å². The van der Waals surface area contributed by atoms with Gasteiger partial charge in [-0.2, -0.15) is 5.26 Å². The Bertz CT molecular complexity index is 1240. The summed E-state index contributed by atoms with van der Waals surface area (Å²) >= 11 is 0. The Balaban J connectivity index is 1.39. The van der Waals surface area contributed by atoms with Crippen LogP contribution >= 0.6 is 0 Å². The zero-order chi connectivity index (χ0) is 21.1. The molecule has 0 unspecified atom stereocenters. The summed E-state index contributed by atoms with van der Waals surface area (Å²) in [6.07, 6.45) is 4.86. The highest BCUT2D eigenvalue weighted by molar-refractivity contribution is 5.83. The molecule has 3 aromatic rings. The van der Waals surface area contributed by atoms with Crippen molar-refractivity contribution < 1.29 is 9.18 Å². The summed E-state index contributed by atoms with van der Waals surface area (Å²) < 4.78 is 13.8. The predicted molar refractivity (Wildman–Crippen MR) is 111 cm³/mol. The van der Waals surface area contributed by atoms with E-state index in [1.54, 1.807) is 35.4 Å². The number of pyridine rings is 2. The molecule has 1 aromatic carbocycles. The van der Waals surface area contributed by atoms with E-state index in [1.165, 1.54) is 6.07 Å². The molecule has 1 N–H and O–H groups in total. The first-order valence-electron chi connectivity index (χ1n) is 9.69. The van der Waals surface area contributed by atoms with Crippen LogP contribution in [0.2, 0.25) is 0 Å². The third-order valence-electron chi connectivity index (χ3n) is 5.27. The smallest absolute Gasteiger partial charge is 0.258 e. The lowest BCUT2D eigenvalue weighted by molar-refractivity contribution is -0.130. The maximum absolute atomic E-state index is 13.8. The highest BCUT2D eigenvalue weighted by atomic mass is 19.1. The van der Waals surface area contributed by atoms with Gasteiger partial charge in [-0.15, -0.1) is 0 Å². The van der Waals surface area contributed by atoms with Gasteiger partial charge in [-0.25, -0.2) is 4.39 Å².